The molecular formula is C55H56N2O. The largest absolute Gasteiger partial charge is 0.455 e. The van der Waals surface area contributed by atoms with E-state index >= 15 is 0 Å². The summed E-state index contributed by atoms with van der Waals surface area (Å²) in [7, 11) is 0. The van der Waals surface area contributed by atoms with Gasteiger partial charge in [0.15, 0.2) is 0 Å². The first-order valence-electron chi connectivity index (χ1n) is 22.9. The molecule has 0 amide bonds. The zero-order chi connectivity index (χ0) is 41.2. The molecule has 0 spiro atoms. The predicted molar refractivity (Wildman–Crippen MR) is 244 cm³/mol. The van der Waals surface area contributed by atoms with Gasteiger partial charge in [-0.25, -0.2) is 4.98 Å². The molecule has 0 radical (unpaired) electrons. The van der Waals surface area contributed by atoms with E-state index < -0.39 is 11.8 Å². The summed E-state index contributed by atoms with van der Waals surface area (Å²) in [6, 6.07) is 43.7. The Labute approximate surface area is 347 Å². The fraction of sp³-hybridized carbons (Fsp3) is 0.327. The summed E-state index contributed by atoms with van der Waals surface area (Å²) < 4.78 is 28.9. The zero-order valence-electron chi connectivity index (χ0n) is 36.6. The average molecular weight is 763 g/mol. The summed E-state index contributed by atoms with van der Waals surface area (Å²) in [6.07, 6.45) is 10.3. The minimum Gasteiger partial charge on any atom is -0.455 e. The predicted octanol–water partition coefficient (Wildman–Crippen LogP) is 16.3. The number of benzene rings is 6. The number of fused-ring (bicyclic) bond motifs is 4. The Balaban J connectivity index is 1.19. The molecule has 0 atom stereocenters. The highest BCUT2D eigenvalue weighted by molar-refractivity contribution is 6.10. The minimum absolute atomic E-state index is 0.203. The first-order chi connectivity index (χ1) is 29.1. The maximum absolute atomic E-state index is 9.79. The molecule has 2 aliphatic carbocycles. The Morgan fingerprint density at radius 2 is 1.19 bits per heavy atom. The molecule has 2 aromatic heterocycles. The summed E-state index contributed by atoms with van der Waals surface area (Å²) in [6.45, 7) is 9.22. The number of furan rings is 1. The second kappa shape index (κ2) is 15.4. The minimum atomic E-state index is -0.610. The van der Waals surface area contributed by atoms with Crippen molar-refractivity contribution in [3.63, 3.8) is 0 Å². The molecule has 0 N–H and O–H groups in total. The standard InChI is InChI=1S/C55H56N2O/c1-35(2)48-32-44(43-30-41(38-19-10-6-11-20-38)29-42(31-43)39-21-12-7-13-22-39)33-49(36(3)4)53(48)57-51-26-15-14-25-50(51)56-55(57)47-24-16-23-46-45-28-27-40(34-52(45)58-54(46)47)37-17-8-5-9-18-37/h5,8-9,14-18,23-36,38-39H,6-7,10-13,19-22H2,1-4H3/i38D,39D. The quantitative estimate of drug-likeness (QED) is 0.154. The first kappa shape index (κ1) is 34.6. The van der Waals surface area contributed by atoms with E-state index in [9.17, 15) is 2.74 Å². The van der Waals surface area contributed by atoms with E-state index in [4.69, 9.17) is 9.40 Å². The van der Waals surface area contributed by atoms with Crippen molar-refractivity contribution < 1.29 is 7.16 Å². The number of imidazole rings is 1. The van der Waals surface area contributed by atoms with Crippen LogP contribution in [-0.2, 0) is 0 Å². The summed E-state index contributed by atoms with van der Waals surface area (Å²) >= 11 is 0. The van der Waals surface area contributed by atoms with Gasteiger partial charge in [0.25, 0.3) is 0 Å². The highest BCUT2D eigenvalue weighted by atomic mass is 16.3. The smallest absolute Gasteiger partial charge is 0.149 e. The molecule has 2 aliphatic rings. The molecule has 58 heavy (non-hydrogen) atoms. The lowest BCUT2D eigenvalue weighted by molar-refractivity contribution is 0.435. The SMILES string of the molecule is [2H]C1(c2cc(-c3cc(C(C)C)c(-n4c(-c5cccc6c5oc5cc(-c7ccccc7)ccc56)nc5ccccc54)c(C(C)C)c3)cc(C3([2H])CCCCC3)c2)CCCCC1. The van der Waals surface area contributed by atoms with E-state index in [1.165, 1.54) is 35.2 Å². The van der Waals surface area contributed by atoms with Gasteiger partial charge in [0.2, 0.25) is 0 Å². The van der Waals surface area contributed by atoms with Gasteiger partial charge in [0.05, 0.1) is 22.3 Å². The molecule has 292 valence electrons. The fourth-order valence-electron chi connectivity index (χ4n) is 9.94. The van der Waals surface area contributed by atoms with Crippen LogP contribution in [0.5, 0.6) is 0 Å². The van der Waals surface area contributed by atoms with Crippen molar-refractivity contribution in [1.82, 2.24) is 9.55 Å². The van der Waals surface area contributed by atoms with Gasteiger partial charge in [0.1, 0.15) is 17.0 Å². The lowest BCUT2D eigenvalue weighted by atomic mass is 9.78. The second-order valence-electron chi connectivity index (χ2n) is 17.6. The van der Waals surface area contributed by atoms with Crippen molar-refractivity contribution >= 4 is 33.0 Å². The van der Waals surface area contributed by atoms with E-state index in [1.54, 1.807) is 0 Å². The van der Waals surface area contributed by atoms with Gasteiger partial charge >= 0.3 is 0 Å². The normalized spacial score (nSPS) is 17.3. The first-order valence-corrected chi connectivity index (χ1v) is 21.9. The van der Waals surface area contributed by atoms with Crippen molar-refractivity contribution in [3.05, 3.63) is 144 Å². The molecule has 0 bridgehead atoms. The van der Waals surface area contributed by atoms with Crippen LogP contribution in [0.3, 0.4) is 0 Å². The maximum atomic E-state index is 9.79. The molecule has 10 rings (SSSR count). The highest BCUT2D eigenvalue weighted by Crippen LogP contribution is 2.45. The number of rotatable bonds is 8. The van der Waals surface area contributed by atoms with Crippen molar-refractivity contribution in [1.29, 1.82) is 0 Å². The van der Waals surface area contributed by atoms with Gasteiger partial charge in [-0.2, -0.15) is 0 Å². The van der Waals surface area contributed by atoms with Crippen molar-refractivity contribution in [2.24, 2.45) is 0 Å². The molecular weight excluding hydrogens is 705 g/mol. The molecule has 6 aromatic carbocycles. The number of hydrogen-bond donors (Lipinski definition) is 0. The Kier molecular flexibility index (Phi) is 9.19. The molecule has 2 saturated carbocycles. The second-order valence-corrected chi connectivity index (χ2v) is 17.6. The van der Waals surface area contributed by atoms with Gasteiger partial charge in [0, 0.05) is 13.5 Å². The summed E-state index contributed by atoms with van der Waals surface area (Å²) in [5.74, 6) is 0.0535. The van der Waals surface area contributed by atoms with Crippen molar-refractivity contribution in [2.75, 3.05) is 0 Å². The third-order valence-electron chi connectivity index (χ3n) is 13.0. The number of nitrogens with zero attached hydrogens (tertiary/aromatic N) is 2. The van der Waals surface area contributed by atoms with E-state index in [2.05, 4.69) is 154 Å². The molecule has 0 unspecified atom stereocenters. The van der Waals surface area contributed by atoms with E-state index in [-0.39, 0.29) is 11.8 Å². The van der Waals surface area contributed by atoms with Gasteiger partial charge in [-0.1, -0.05) is 145 Å². The van der Waals surface area contributed by atoms with Crippen LogP contribution in [-0.4, -0.2) is 9.55 Å². The average Bonchev–Trinajstić information content (AvgIpc) is 3.85. The van der Waals surface area contributed by atoms with Crippen LogP contribution in [0.1, 0.15) is 141 Å². The van der Waals surface area contributed by atoms with Crippen molar-refractivity contribution in [3.8, 4) is 39.3 Å². The van der Waals surface area contributed by atoms with E-state index in [0.717, 1.165) is 124 Å². The van der Waals surface area contributed by atoms with Gasteiger partial charge in [-0.3, -0.25) is 4.57 Å². The van der Waals surface area contributed by atoms with Crippen LogP contribution in [0.25, 0.3) is 72.3 Å². The topological polar surface area (TPSA) is 31.0 Å². The Hall–Kier alpha value is -5.41. The van der Waals surface area contributed by atoms with Gasteiger partial charge in [-0.05, 0) is 136 Å². The van der Waals surface area contributed by atoms with Crippen LogP contribution in [0.15, 0.2) is 126 Å². The number of hydrogen-bond acceptors (Lipinski definition) is 2. The van der Waals surface area contributed by atoms with Crippen molar-refractivity contribution in [2.45, 2.75) is 116 Å². The van der Waals surface area contributed by atoms with Crippen LogP contribution in [0.4, 0.5) is 0 Å². The highest BCUT2D eigenvalue weighted by Gasteiger charge is 2.27. The van der Waals surface area contributed by atoms with Crippen LogP contribution >= 0.6 is 0 Å². The lowest BCUT2D eigenvalue weighted by Crippen LogP contribution is -2.10. The van der Waals surface area contributed by atoms with Gasteiger partial charge in [-0.15, -0.1) is 0 Å². The molecule has 0 saturated heterocycles. The molecule has 3 heteroatoms. The third kappa shape index (κ3) is 6.67. The molecule has 8 aromatic rings. The fourth-order valence-corrected chi connectivity index (χ4v) is 9.94. The monoisotopic (exact) mass is 762 g/mol. The van der Waals surface area contributed by atoms with Gasteiger partial charge < -0.3 is 4.42 Å². The molecule has 2 heterocycles. The Morgan fingerprint density at radius 3 is 1.84 bits per heavy atom. The zero-order valence-corrected chi connectivity index (χ0v) is 34.6. The van der Waals surface area contributed by atoms with Crippen LogP contribution < -0.4 is 0 Å². The van der Waals surface area contributed by atoms with Crippen LogP contribution in [0.2, 0.25) is 0 Å². The summed E-state index contributed by atoms with van der Waals surface area (Å²) in [4.78, 5) is 5.43. The van der Waals surface area contributed by atoms with E-state index in [0.29, 0.717) is 0 Å². The third-order valence-corrected chi connectivity index (χ3v) is 13.0. The summed E-state index contributed by atoms with van der Waals surface area (Å²) in [5, 5.41) is 2.17. The molecule has 2 fully saturated rings. The van der Waals surface area contributed by atoms with E-state index in [1.807, 2.05) is 0 Å². The lowest BCUT2D eigenvalue weighted by Gasteiger charge is -2.28. The molecule has 3 nitrogen and oxygen atoms in total. The Morgan fingerprint density at radius 1 is 0.569 bits per heavy atom. The maximum Gasteiger partial charge on any atom is 0.149 e. The number of para-hydroxylation sites is 3. The summed E-state index contributed by atoms with van der Waals surface area (Å²) in [5.41, 5.74) is 15.2. The molecule has 0 aliphatic heterocycles. The Bertz CT molecular complexity index is 2800. The van der Waals surface area contributed by atoms with Crippen LogP contribution in [0, 0.1) is 0 Å². The number of aromatic nitrogens is 2.